The highest BCUT2D eigenvalue weighted by molar-refractivity contribution is 6.06. The number of nitrogens with zero attached hydrogens (tertiary/aromatic N) is 1. The van der Waals surface area contributed by atoms with Gasteiger partial charge in [0.25, 0.3) is 5.91 Å². The molecule has 0 saturated heterocycles. The minimum Gasteiger partial charge on any atom is -0.452 e. The molecule has 1 heterocycles. The molecule has 4 rings (SSSR count). The summed E-state index contributed by atoms with van der Waals surface area (Å²) in [5.74, 6) is -1.13. The van der Waals surface area contributed by atoms with Crippen LogP contribution in [-0.2, 0) is 22.4 Å². The summed E-state index contributed by atoms with van der Waals surface area (Å²) in [6.45, 7) is 6.23. The second-order valence-corrected chi connectivity index (χ2v) is 9.80. The first-order valence-electron chi connectivity index (χ1n) is 11.4. The fourth-order valence-corrected chi connectivity index (χ4v) is 4.48. The molecule has 0 spiro atoms. The van der Waals surface area contributed by atoms with E-state index in [-0.39, 0.29) is 5.41 Å². The number of nitrogens with two attached hydrogens (primary N) is 1. The molecule has 0 saturated carbocycles. The van der Waals surface area contributed by atoms with Gasteiger partial charge in [-0.3, -0.25) is 14.6 Å². The molecule has 3 aromatic rings. The number of benzene rings is 2. The van der Waals surface area contributed by atoms with Crippen LogP contribution in [0.3, 0.4) is 0 Å². The maximum atomic E-state index is 13.3. The topological polar surface area (TPSA) is 111 Å². The van der Waals surface area contributed by atoms with Gasteiger partial charge in [0.15, 0.2) is 6.61 Å². The Morgan fingerprint density at radius 1 is 1.09 bits per heavy atom. The number of fused-ring (bicyclic) bond motifs is 2. The molecule has 0 bridgehead atoms. The molecule has 0 aliphatic heterocycles. The van der Waals surface area contributed by atoms with E-state index in [2.05, 4.69) is 26.1 Å². The number of aromatic nitrogens is 1. The number of hydrogen-bond acceptors (Lipinski definition) is 5. The van der Waals surface area contributed by atoms with E-state index in [0.717, 1.165) is 41.4 Å². The third-order valence-corrected chi connectivity index (χ3v) is 6.48. The molecule has 1 aliphatic rings. The van der Waals surface area contributed by atoms with Crippen LogP contribution in [0.5, 0.6) is 0 Å². The molecule has 1 aliphatic carbocycles. The Morgan fingerprint density at radius 2 is 1.79 bits per heavy atom. The van der Waals surface area contributed by atoms with Crippen LogP contribution in [0.1, 0.15) is 59.2 Å². The number of primary amides is 1. The van der Waals surface area contributed by atoms with Crippen molar-refractivity contribution < 1.29 is 19.1 Å². The largest absolute Gasteiger partial charge is 0.452 e. The first kappa shape index (κ1) is 23.4. The van der Waals surface area contributed by atoms with Crippen molar-refractivity contribution in [3.05, 3.63) is 70.9 Å². The Balaban J connectivity index is 1.55. The monoisotopic (exact) mass is 459 g/mol. The van der Waals surface area contributed by atoms with Crippen molar-refractivity contribution in [2.45, 2.75) is 40.0 Å². The molecule has 3 N–H and O–H groups in total. The standard InChI is InChI=1S/C27H29N3O4/c1-27(2,3)17-10-13-22-20(14-17)24(19-6-4-5-7-21(19)30-22)26(33)34-15-23(31)29-18-11-8-16(9-12-18)25(28)32/h4-9,11-12,17H,10,13-15H2,1-3H3,(H2,28,32)(H,29,31)/t17-/m1/s1. The maximum Gasteiger partial charge on any atom is 0.339 e. The van der Waals surface area contributed by atoms with Crippen molar-refractivity contribution >= 4 is 34.4 Å². The van der Waals surface area contributed by atoms with E-state index >= 15 is 0 Å². The summed E-state index contributed by atoms with van der Waals surface area (Å²) in [6.07, 6.45) is 2.58. The summed E-state index contributed by atoms with van der Waals surface area (Å²) >= 11 is 0. The Hall–Kier alpha value is -3.74. The van der Waals surface area contributed by atoms with Crippen molar-refractivity contribution in [1.29, 1.82) is 0 Å². The molecule has 7 heteroatoms. The number of nitrogens with one attached hydrogen (secondary N) is 1. The number of anilines is 1. The second kappa shape index (κ2) is 9.25. The van der Waals surface area contributed by atoms with Crippen molar-refractivity contribution in [1.82, 2.24) is 4.98 Å². The Bertz CT molecular complexity index is 1260. The average molecular weight is 460 g/mol. The molecule has 2 aromatic carbocycles. The van der Waals surface area contributed by atoms with Crippen LogP contribution >= 0.6 is 0 Å². The predicted octanol–water partition coefficient (Wildman–Crippen LogP) is 4.28. The van der Waals surface area contributed by atoms with Crippen molar-refractivity contribution in [2.24, 2.45) is 17.1 Å². The quantitative estimate of drug-likeness (QED) is 0.553. The predicted molar refractivity (Wildman–Crippen MR) is 131 cm³/mol. The molecule has 0 radical (unpaired) electrons. The van der Waals surface area contributed by atoms with Crippen LogP contribution < -0.4 is 11.1 Å². The van der Waals surface area contributed by atoms with E-state index in [1.54, 1.807) is 12.1 Å². The van der Waals surface area contributed by atoms with Gasteiger partial charge in [0.2, 0.25) is 5.91 Å². The number of rotatable bonds is 5. The van der Waals surface area contributed by atoms with Gasteiger partial charge < -0.3 is 15.8 Å². The van der Waals surface area contributed by atoms with E-state index in [1.807, 2.05) is 24.3 Å². The fourth-order valence-electron chi connectivity index (χ4n) is 4.48. The summed E-state index contributed by atoms with van der Waals surface area (Å²) in [5, 5.41) is 3.40. The maximum absolute atomic E-state index is 13.3. The van der Waals surface area contributed by atoms with Crippen LogP contribution in [0.4, 0.5) is 5.69 Å². The lowest BCUT2D eigenvalue weighted by atomic mass is 9.70. The van der Waals surface area contributed by atoms with E-state index < -0.39 is 24.4 Å². The Morgan fingerprint density at radius 3 is 2.47 bits per heavy atom. The summed E-state index contributed by atoms with van der Waals surface area (Å²) in [7, 11) is 0. The molecule has 2 amide bonds. The molecule has 7 nitrogen and oxygen atoms in total. The van der Waals surface area contributed by atoms with Crippen LogP contribution in [0.2, 0.25) is 0 Å². The molecule has 34 heavy (non-hydrogen) atoms. The highest BCUT2D eigenvalue weighted by atomic mass is 16.5. The SMILES string of the molecule is CC(C)(C)[C@@H]1CCc2nc3ccccc3c(C(=O)OCC(=O)Nc3ccc(C(N)=O)cc3)c2C1. The first-order valence-corrected chi connectivity index (χ1v) is 11.4. The third-order valence-electron chi connectivity index (χ3n) is 6.48. The number of hydrogen-bond donors (Lipinski definition) is 2. The number of aryl methyl sites for hydroxylation is 1. The lowest BCUT2D eigenvalue weighted by Crippen LogP contribution is -2.29. The number of esters is 1. The van der Waals surface area contributed by atoms with Crippen molar-refractivity contribution in [3.63, 3.8) is 0 Å². The minimum atomic E-state index is -0.548. The third kappa shape index (κ3) is 4.93. The lowest BCUT2D eigenvalue weighted by Gasteiger charge is -2.35. The Kier molecular flexibility index (Phi) is 6.37. The molecule has 176 valence electrons. The van der Waals surface area contributed by atoms with Crippen molar-refractivity contribution in [3.8, 4) is 0 Å². The van der Waals surface area contributed by atoms with Gasteiger partial charge in [-0.1, -0.05) is 39.0 Å². The van der Waals surface area contributed by atoms with E-state index in [4.69, 9.17) is 15.5 Å². The summed E-state index contributed by atoms with van der Waals surface area (Å²) < 4.78 is 5.47. The molecule has 0 unspecified atom stereocenters. The number of amides is 2. The average Bonchev–Trinajstić information content (AvgIpc) is 2.80. The zero-order valence-electron chi connectivity index (χ0n) is 19.7. The molecule has 1 atom stereocenters. The highest BCUT2D eigenvalue weighted by Gasteiger charge is 2.33. The van der Waals surface area contributed by atoms with Crippen LogP contribution in [0, 0.1) is 11.3 Å². The number of para-hydroxylation sites is 1. The van der Waals surface area contributed by atoms with E-state index in [9.17, 15) is 14.4 Å². The molecular weight excluding hydrogens is 430 g/mol. The second-order valence-electron chi connectivity index (χ2n) is 9.80. The fraction of sp³-hybridized carbons (Fsp3) is 0.333. The van der Waals surface area contributed by atoms with Gasteiger partial charge in [-0.25, -0.2) is 4.79 Å². The van der Waals surface area contributed by atoms with Gasteiger partial charge >= 0.3 is 5.97 Å². The van der Waals surface area contributed by atoms with Crippen LogP contribution in [-0.4, -0.2) is 29.4 Å². The number of carbonyl (C=O) groups excluding carboxylic acids is 3. The van der Waals surface area contributed by atoms with Gasteiger partial charge in [0.1, 0.15) is 0 Å². The highest BCUT2D eigenvalue weighted by Crippen LogP contribution is 2.39. The van der Waals surface area contributed by atoms with Gasteiger partial charge in [-0.2, -0.15) is 0 Å². The molecular formula is C27H29N3O4. The van der Waals surface area contributed by atoms with Gasteiger partial charge in [-0.15, -0.1) is 0 Å². The van der Waals surface area contributed by atoms with Gasteiger partial charge in [0, 0.05) is 22.3 Å². The normalized spacial score (nSPS) is 15.4. The Labute approximate surface area is 198 Å². The smallest absolute Gasteiger partial charge is 0.339 e. The zero-order valence-corrected chi connectivity index (χ0v) is 19.7. The van der Waals surface area contributed by atoms with Gasteiger partial charge in [0.05, 0.1) is 11.1 Å². The number of pyridine rings is 1. The van der Waals surface area contributed by atoms with E-state index in [0.29, 0.717) is 22.7 Å². The van der Waals surface area contributed by atoms with E-state index in [1.165, 1.54) is 12.1 Å². The summed E-state index contributed by atoms with van der Waals surface area (Å²) in [6, 6.07) is 13.7. The number of ether oxygens (including phenoxy) is 1. The minimum absolute atomic E-state index is 0.106. The number of carbonyl (C=O) groups is 3. The first-order chi connectivity index (χ1) is 16.1. The molecule has 0 fully saturated rings. The zero-order chi connectivity index (χ0) is 24.5. The summed E-state index contributed by atoms with van der Waals surface area (Å²) in [4.78, 5) is 41.7. The van der Waals surface area contributed by atoms with Crippen LogP contribution in [0.15, 0.2) is 48.5 Å². The van der Waals surface area contributed by atoms with Gasteiger partial charge in [-0.05, 0) is 66.5 Å². The van der Waals surface area contributed by atoms with Crippen molar-refractivity contribution in [2.75, 3.05) is 11.9 Å². The summed E-state index contributed by atoms with van der Waals surface area (Å²) in [5.41, 5.74) is 9.28. The molecule has 1 aromatic heterocycles. The lowest BCUT2D eigenvalue weighted by molar-refractivity contribution is -0.119. The van der Waals surface area contributed by atoms with Crippen LogP contribution in [0.25, 0.3) is 10.9 Å².